The molecule has 5 heteroatoms. The Morgan fingerprint density at radius 3 is 2.75 bits per heavy atom. The number of para-hydroxylation sites is 2. The van der Waals surface area contributed by atoms with E-state index in [0.717, 1.165) is 36.1 Å². The molecule has 4 nitrogen and oxygen atoms in total. The monoisotopic (exact) mass is 292 g/mol. The number of aromatic nitrogens is 2. The number of sulfone groups is 1. The summed E-state index contributed by atoms with van der Waals surface area (Å²) in [5.74, 6) is 0.977. The molecule has 108 valence electrons. The fraction of sp³-hybridized carbons (Fsp3) is 0.533. The summed E-state index contributed by atoms with van der Waals surface area (Å²) in [5, 5.41) is -0.207. The standard InChI is InChI=1S/C15H20N2O2S/c1-11-16-14-8-3-4-9-15(14)17(11)12-6-5-7-13(10-12)20(2,18)19/h3-4,8-9,12-13H,5-7,10H2,1-2H3. The van der Waals surface area contributed by atoms with Gasteiger partial charge in [-0.3, -0.25) is 0 Å². The Bertz CT molecular complexity index is 733. The first kappa shape index (κ1) is 13.6. The Morgan fingerprint density at radius 1 is 1.25 bits per heavy atom. The molecule has 1 aromatic heterocycles. The van der Waals surface area contributed by atoms with Crippen LogP contribution in [0.25, 0.3) is 11.0 Å². The Morgan fingerprint density at radius 2 is 2.00 bits per heavy atom. The predicted molar refractivity (Wildman–Crippen MR) is 80.6 cm³/mol. The number of aryl methyl sites for hydroxylation is 1. The maximum atomic E-state index is 11.8. The van der Waals surface area contributed by atoms with Crippen molar-refractivity contribution in [2.75, 3.05) is 6.26 Å². The molecule has 1 aliphatic rings. The minimum absolute atomic E-state index is 0.207. The van der Waals surface area contributed by atoms with Crippen LogP contribution in [0.5, 0.6) is 0 Å². The van der Waals surface area contributed by atoms with E-state index in [9.17, 15) is 8.42 Å². The molecule has 1 saturated carbocycles. The normalized spacial score (nSPS) is 24.1. The molecule has 0 aliphatic heterocycles. The largest absolute Gasteiger partial charge is 0.325 e. The third-order valence-corrected chi connectivity index (χ3v) is 5.98. The van der Waals surface area contributed by atoms with Gasteiger partial charge in [-0.25, -0.2) is 13.4 Å². The number of fused-ring (bicyclic) bond motifs is 1. The summed E-state index contributed by atoms with van der Waals surface area (Å²) in [6.45, 7) is 2.00. The second-order valence-corrected chi connectivity index (χ2v) is 8.12. The molecule has 0 saturated heterocycles. The highest BCUT2D eigenvalue weighted by molar-refractivity contribution is 7.91. The summed E-state index contributed by atoms with van der Waals surface area (Å²) in [6, 6.07) is 8.32. The average molecular weight is 292 g/mol. The Balaban J connectivity index is 2.01. The van der Waals surface area contributed by atoms with Gasteiger partial charge in [0.05, 0.1) is 16.3 Å². The highest BCUT2D eigenvalue weighted by Gasteiger charge is 2.30. The molecule has 1 fully saturated rings. The topological polar surface area (TPSA) is 52.0 Å². The van der Waals surface area contributed by atoms with E-state index in [0.29, 0.717) is 6.42 Å². The molecule has 20 heavy (non-hydrogen) atoms. The van der Waals surface area contributed by atoms with Gasteiger partial charge in [0.1, 0.15) is 15.7 Å². The zero-order valence-corrected chi connectivity index (χ0v) is 12.7. The van der Waals surface area contributed by atoms with Crippen molar-refractivity contribution >= 4 is 20.9 Å². The lowest BCUT2D eigenvalue weighted by atomic mass is 9.94. The van der Waals surface area contributed by atoms with Gasteiger partial charge in [0, 0.05) is 12.3 Å². The number of benzene rings is 1. The van der Waals surface area contributed by atoms with Crippen molar-refractivity contribution in [3.8, 4) is 0 Å². The van der Waals surface area contributed by atoms with Crippen LogP contribution in [0.2, 0.25) is 0 Å². The van der Waals surface area contributed by atoms with Gasteiger partial charge in [-0.05, 0) is 38.3 Å². The van der Waals surface area contributed by atoms with Crippen molar-refractivity contribution in [2.24, 2.45) is 0 Å². The van der Waals surface area contributed by atoms with Gasteiger partial charge < -0.3 is 4.57 Å². The van der Waals surface area contributed by atoms with E-state index in [1.807, 2.05) is 25.1 Å². The fourth-order valence-electron chi connectivity index (χ4n) is 3.37. The molecule has 2 atom stereocenters. The average Bonchev–Trinajstić information content (AvgIpc) is 2.73. The van der Waals surface area contributed by atoms with E-state index in [1.165, 1.54) is 6.26 Å². The van der Waals surface area contributed by atoms with Crippen LogP contribution in [0.1, 0.15) is 37.5 Å². The lowest BCUT2D eigenvalue weighted by molar-refractivity contribution is 0.354. The maximum absolute atomic E-state index is 11.8. The van der Waals surface area contributed by atoms with Crippen LogP contribution in [-0.2, 0) is 9.84 Å². The highest BCUT2D eigenvalue weighted by Crippen LogP contribution is 2.34. The number of imidazole rings is 1. The molecule has 1 aromatic carbocycles. The summed E-state index contributed by atoms with van der Waals surface area (Å²) in [7, 11) is -2.95. The van der Waals surface area contributed by atoms with E-state index >= 15 is 0 Å². The summed E-state index contributed by atoms with van der Waals surface area (Å²) >= 11 is 0. The number of hydrogen-bond acceptors (Lipinski definition) is 3. The zero-order chi connectivity index (χ0) is 14.3. The van der Waals surface area contributed by atoms with Gasteiger partial charge in [-0.15, -0.1) is 0 Å². The van der Waals surface area contributed by atoms with Crippen LogP contribution in [0, 0.1) is 6.92 Å². The van der Waals surface area contributed by atoms with E-state index < -0.39 is 9.84 Å². The van der Waals surface area contributed by atoms with Gasteiger partial charge in [0.15, 0.2) is 0 Å². The minimum atomic E-state index is -2.95. The second-order valence-electron chi connectivity index (χ2n) is 5.79. The summed E-state index contributed by atoms with van der Waals surface area (Å²) < 4.78 is 25.9. The second kappa shape index (κ2) is 4.88. The van der Waals surface area contributed by atoms with Crippen LogP contribution >= 0.6 is 0 Å². The first-order chi connectivity index (χ1) is 9.47. The van der Waals surface area contributed by atoms with E-state index in [-0.39, 0.29) is 11.3 Å². The quantitative estimate of drug-likeness (QED) is 0.855. The van der Waals surface area contributed by atoms with Crippen LogP contribution in [-0.4, -0.2) is 29.5 Å². The van der Waals surface area contributed by atoms with Crippen molar-refractivity contribution in [1.82, 2.24) is 9.55 Å². The van der Waals surface area contributed by atoms with Gasteiger partial charge in [-0.2, -0.15) is 0 Å². The summed E-state index contributed by atoms with van der Waals surface area (Å²) in [6.07, 6.45) is 4.86. The van der Waals surface area contributed by atoms with Gasteiger partial charge >= 0.3 is 0 Å². The fourth-order valence-corrected chi connectivity index (χ4v) is 4.54. The highest BCUT2D eigenvalue weighted by atomic mass is 32.2. The van der Waals surface area contributed by atoms with Crippen LogP contribution in [0.3, 0.4) is 0 Å². The molecule has 0 bridgehead atoms. The summed E-state index contributed by atoms with van der Waals surface area (Å²) in [4.78, 5) is 4.59. The summed E-state index contributed by atoms with van der Waals surface area (Å²) in [5.41, 5.74) is 2.11. The smallest absolute Gasteiger partial charge is 0.150 e. The van der Waals surface area contributed by atoms with Crippen molar-refractivity contribution in [1.29, 1.82) is 0 Å². The first-order valence-corrected chi connectivity index (χ1v) is 9.04. The zero-order valence-electron chi connectivity index (χ0n) is 11.9. The lowest BCUT2D eigenvalue weighted by Crippen LogP contribution is -2.29. The molecule has 0 N–H and O–H groups in total. The molecule has 3 rings (SSSR count). The van der Waals surface area contributed by atoms with Crippen LogP contribution < -0.4 is 0 Å². The van der Waals surface area contributed by atoms with Crippen molar-refractivity contribution in [3.63, 3.8) is 0 Å². The number of nitrogens with zero attached hydrogens (tertiary/aromatic N) is 2. The lowest BCUT2D eigenvalue weighted by Gasteiger charge is -2.30. The molecular formula is C15H20N2O2S. The molecule has 1 aliphatic carbocycles. The third kappa shape index (κ3) is 2.35. The molecule has 0 radical (unpaired) electrons. The van der Waals surface area contributed by atoms with Gasteiger partial charge in [0.25, 0.3) is 0 Å². The number of rotatable bonds is 2. The van der Waals surface area contributed by atoms with Crippen LogP contribution in [0.15, 0.2) is 24.3 Å². The SMILES string of the molecule is Cc1nc2ccccc2n1C1CCCC(S(C)(=O)=O)C1. The minimum Gasteiger partial charge on any atom is -0.325 e. The molecular weight excluding hydrogens is 272 g/mol. The van der Waals surface area contributed by atoms with E-state index in [2.05, 4.69) is 15.6 Å². The van der Waals surface area contributed by atoms with Gasteiger partial charge in [-0.1, -0.05) is 18.6 Å². The van der Waals surface area contributed by atoms with Crippen molar-refractivity contribution in [3.05, 3.63) is 30.1 Å². The Hall–Kier alpha value is -1.36. The Labute approximate surface area is 119 Å². The molecule has 0 spiro atoms. The van der Waals surface area contributed by atoms with Crippen LogP contribution in [0.4, 0.5) is 0 Å². The first-order valence-electron chi connectivity index (χ1n) is 7.09. The van der Waals surface area contributed by atoms with Gasteiger partial charge in [0.2, 0.25) is 0 Å². The number of hydrogen-bond donors (Lipinski definition) is 0. The maximum Gasteiger partial charge on any atom is 0.150 e. The molecule has 2 unspecified atom stereocenters. The molecule has 0 amide bonds. The molecule has 1 heterocycles. The van der Waals surface area contributed by atoms with Crippen molar-refractivity contribution in [2.45, 2.75) is 43.9 Å². The predicted octanol–water partition coefficient (Wildman–Crippen LogP) is 2.87. The Kier molecular flexibility index (Phi) is 3.32. The third-order valence-electron chi connectivity index (χ3n) is 4.34. The van der Waals surface area contributed by atoms with E-state index in [4.69, 9.17) is 0 Å². The molecule has 2 aromatic rings. The van der Waals surface area contributed by atoms with Crippen molar-refractivity contribution < 1.29 is 8.42 Å². The van der Waals surface area contributed by atoms with E-state index in [1.54, 1.807) is 0 Å².